The molecule has 106 valence electrons. The van der Waals surface area contributed by atoms with Gasteiger partial charge in [-0.3, -0.25) is 0 Å². The van der Waals surface area contributed by atoms with E-state index in [4.69, 9.17) is 21.1 Å². The van der Waals surface area contributed by atoms with Crippen LogP contribution in [0.3, 0.4) is 0 Å². The van der Waals surface area contributed by atoms with Gasteiger partial charge in [-0.25, -0.2) is 4.42 Å². The van der Waals surface area contributed by atoms with Crippen molar-refractivity contribution in [2.45, 2.75) is 64.1 Å². The van der Waals surface area contributed by atoms with Crippen LogP contribution in [0.2, 0.25) is 0 Å². The van der Waals surface area contributed by atoms with E-state index in [-0.39, 0.29) is 24.8 Å². The predicted molar refractivity (Wildman–Crippen MR) is 75.7 cm³/mol. The van der Waals surface area contributed by atoms with Crippen molar-refractivity contribution in [1.82, 2.24) is 4.42 Å². The summed E-state index contributed by atoms with van der Waals surface area (Å²) in [5, 5.41) is 0. The maximum absolute atomic E-state index is 6.44. The Kier molecular flexibility index (Phi) is 2.66. The summed E-state index contributed by atoms with van der Waals surface area (Å²) in [6.07, 6.45) is 4.99. The molecule has 3 nitrogen and oxygen atoms in total. The van der Waals surface area contributed by atoms with Crippen molar-refractivity contribution < 1.29 is 9.31 Å². The molecule has 0 aromatic heterocycles. The van der Waals surface area contributed by atoms with Crippen LogP contribution in [-0.2, 0) is 9.31 Å². The molecule has 0 aromatic rings. The molecular formula is C14H23BClNO2. The molecule has 2 saturated heterocycles. The molecule has 3 aliphatic carbocycles. The highest BCUT2D eigenvalue weighted by atomic mass is 35.5. The Hall–Kier alpha value is 0.235. The predicted octanol–water partition coefficient (Wildman–Crippen LogP) is 2.87. The molecule has 5 atom stereocenters. The van der Waals surface area contributed by atoms with Crippen LogP contribution >= 0.6 is 11.8 Å². The summed E-state index contributed by atoms with van der Waals surface area (Å²) < 4.78 is 14.6. The molecule has 5 aliphatic rings. The first-order valence-electron chi connectivity index (χ1n) is 7.68. The molecule has 2 unspecified atom stereocenters. The van der Waals surface area contributed by atoms with E-state index in [1.807, 2.05) is 4.42 Å². The topological polar surface area (TPSA) is 21.7 Å². The molecule has 0 spiro atoms. The number of nitrogens with zero attached hydrogens (tertiary/aromatic N) is 1. The summed E-state index contributed by atoms with van der Waals surface area (Å²) in [6, 6.07) is 0. The Morgan fingerprint density at radius 3 is 2.68 bits per heavy atom. The van der Waals surface area contributed by atoms with Crippen LogP contribution in [-0.4, -0.2) is 35.7 Å². The van der Waals surface area contributed by atoms with Crippen molar-refractivity contribution >= 4 is 18.9 Å². The first-order chi connectivity index (χ1) is 8.93. The van der Waals surface area contributed by atoms with Gasteiger partial charge in [-0.1, -0.05) is 13.8 Å². The molecular weight excluding hydrogens is 260 g/mol. The normalized spacial score (nSPS) is 52.1. The lowest BCUT2D eigenvalue weighted by Gasteiger charge is -2.64. The van der Waals surface area contributed by atoms with E-state index in [2.05, 4.69) is 20.8 Å². The summed E-state index contributed by atoms with van der Waals surface area (Å²) >= 11 is 6.28. The van der Waals surface area contributed by atoms with Gasteiger partial charge in [0.2, 0.25) is 0 Å². The van der Waals surface area contributed by atoms with E-state index in [9.17, 15) is 0 Å². The van der Waals surface area contributed by atoms with Crippen molar-refractivity contribution in [1.29, 1.82) is 0 Å². The highest BCUT2D eigenvalue weighted by molar-refractivity contribution is 6.48. The molecule has 5 rings (SSSR count). The molecule has 2 bridgehead atoms. The van der Waals surface area contributed by atoms with Gasteiger partial charge in [0, 0.05) is 6.54 Å². The molecule has 5 heteroatoms. The number of hydrogen-bond donors (Lipinski definition) is 0. The number of hydrogen-bond acceptors (Lipinski definition) is 3. The van der Waals surface area contributed by atoms with Crippen LogP contribution in [0.1, 0.15) is 46.5 Å². The van der Waals surface area contributed by atoms with Crippen molar-refractivity contribution in [3.8, 4) is 0 Å². The molecule has 3 saturated carbocycles. The average Bonchev–Trinajstić information content (AvgIpc) is 2.90. The largest absolute Gasteiger partial charge is 0.477 e. The Bertz CT molecular complexity index is 407. The Labute approximate surface area is 121 Å². The fraction of sp³-hybridized carbons (Fsp3) is 1.00. The Morgan fingerprint density at radius 2 is 2.05 bits per heavy atom. The maximum atomic E-state index is 6.44. The fourth-order valence-corrected chi connectivity index (χ4v) is 5.40. The quantitative estimate of drug-likeness (QED) is 0.546. The lowest BCUT2D eigenvalue weighted by molar-refractivity contribution is -0.199. The van der Waals surface area contributed by atoms with E-state index in [0.717, 1.165) is 31.7 Å². The molecule has 0 N–H and O–H groups in total. The van der Waals surface area contributed by atoms with Crippen molar-refractivity contribution in [3.05, 3.63) is 0 Å². The minimum Gasteiger partial charge on any atom is -0.404 e. The third-order valence-corrected chi connectivity index (χ3v) is 6.93. The summed E-state index contributed by atoms with van der Waals surface area (Å²) in [7, 11) is -0.120. The van der Waals surface area contributed by atoms with Crippen LogP contribution in [0, 0.1) is 17.3 Å². The molecule has 0 radical (unpaired) electrons. The molecule has 2 aliphatic heterocycles. The number of rotatable bonds is 1. The lowest BCUT2D eigenvalue weighted by atomic mass is 9.43. The zero-order chi connectivity index (χ0) is 13.4. The van der Waals surface area contributed by atoms with Crippen LogP contribution in [0.5, 0.6) is 0 Å². The summed E-state index contributed by atoms with van der Waals surface area (Å²) in [4.78, 5) is 0. The van der Waals surface area contributed by atoms with Gasteiger partial charge < -0.3 is 9.31 Å². The van der Waals surface area contributed by atoms with Gasteiger partial charge in [-0.05, 0) is 61.6 Å². The van der Waals surface area contributed by atoms with Gasteiger partial charge in [0.25, 0.3) is 0 Å². The van der Waals surface area contributed by atoms with E-state index < -0.39 is 0 Å². The summed E-state index contributed by atoms with van der Waals surface area (Å²) in [6.45, 7) is 8.02. The first-order valence-corrected chi connectivity index (χ1v) is 8.02. The standard InChI is InChI=1S/C14H23BClNO2/c1-13(2)9-7-10(13)14(3)11(8-9)18-15(19-14)12-5-4-6-17(12)16/h9-12H,4-8H2,1-3H3/t9?,10?,11-,12+,14+/m1/s1. The smallest absolute Gasteiger partial charge is 0.404 e. The average molecular weight is 284 g/mol. The highest BCUT2D eigenvalue weighted by Gasteiger charge is 2.68. The first kappa shape index (κ1) is 12.9. The third kappa shape index (κ3) is 1.58. The molecule has 5 fully saturated rings. The maximum Gasteiger partial charge on any atom is 0.477 e. The third-order valence-electron chi connectivity index (χ3n) is 6.51. The van der Waals surface area contributed by atoms with E-state index in [1.54, 1.807) is 0 Å². The SMILES string of the molecule is CC1(C)C2CC1[C@]1(C)OB([C@@H]3CCCN3Cl)O[C@@H]1C2. The minimum atomic E-state index is -0.120. The van der Waals surface area contributed by atoms with Crippen LogP contribution < -0.4 is 0 Å². The Balaban J connectivity index is 1.57. The summed E-state index contributed by atoms with van der Waals surface area (Å²) in [5.74, 6) is 1.69. The monoisotopic (exact) mass is 283 g/mol. The molecule has 0 amide bonds. The zero-order valence-corrected chi connectivity index (χ0v) is 12.8. The fourth-order valence-electron chi connectivity index (χ4n) is 5.09. The second-order valence-corrected chi connectivity index (χ2v) is 8.10. The summed E-state index contributed by atoms with van der Waals surface area (Å²) in [5.41, 5.74) is 0.322. The van der Waals surface area contributed by atoms with Gasteiger partial charge in [-0.15, -0.1) is 0 Å². The van der Waals surface area contributed by atoms with Gasteiger partial charge in [0.05, 0.1) is 17.6 Å². The van der Waals surface area contributed by atoms with Crippen LogP contribution in [0.25, 0.3) is 0 Å². The van der Waals surface area contributed by atoms with Crippen molar-refractivity contribution in [2.24, 2.45) is 17.3 Å². The van der Waals surface area contributed by atoms with Gasteiger partial charge >= 0.3 is 7.12 Å². The molecule has 19 heavy (non-hydrogen) atoms. The van der Waals surface area contributed by atoms with Crippen molar-refractivity contribution in [3.63, 3.8) is 0 Å². The highest BCUT2D eigenvalue weighted by Crippen LogP contribution is 2.65. The number of halogens is 1. The zero-order valence-electron chi connectivity index (χ0n) is 12.1. The van der Waals surface area contributed by atoms with Crippen LogP contribution in [0.15, 0.2) is 0 Å². The van der Waals surface area contributed by atoms with Crippen LogP contribution in [0.4, 0.5) is 0 Å². The van der Waals surface area contributed by atoms with Gasteiger partial charge in [0.1, 0.15) is 0 Å². The molecule has 2 heterocycles. The second-order valence-electron chi connectivity index (χ2n) is 7.67. The van der Waals surface area contributed by atoms with E-state index in [0.29, 0.717) is 11.3 Å². The van der Waals surface area contributed by atoms with E-state index in [1.165, 1.54) is 6.42 Å². The lowest BCUT2D eigenvalue weighted by Crippen LogP contribution is -2.65. The molecule has 0 aromatic carbocycles. The van der Waals surface area contributed by atoms with Gasteiger partial charge in [-0.2, -0.15) is 0 Å². The van der Waals surface area contributed by atoms with Crippen molar-refractivity contribution in [2.75, 3.05) is 6.54 Å². The van der Waals surface area contributed by atoms with Gasteiger partial charge in [0.15, 0.2) is 0 Å². The van der Waals surface area contributed by atoms with E-state index >= 15 is 0 Å². The second kappa shape index (κ2) is 3.91. The minimum absolute atomic E-state index is 0.0940. The Morgan fingerprint density at radius 1 is 1.26 bits per heavy atom.